The van der Waals surface area contributed by atoms with Crippen molar-refractivity contribution in [2.45, 2.75) is 26.4 Å². The van der Waals surface area contributed by atoms with Crippen LogP contribution in [0.2, 0.25) is 0 Å². The molecule has 140 valence electrons. The number of nitrogens with one attached hydrogen (secondary N) is 3. The molecule has 0 spiro atoms. The lowest BCUT2D eigenvalue weighted by molar-refractivity contribution is 0.0437. The fourth-order valence-electron chi connectivity index (χ4n) is 1.73. The predicted molar refractivity (Wildman–Crippen MR) is 105 cm³/mol. The second kappa shape index (κ2) is 10.9. The number of furan rings is 1. The van der Waals surface area contributed by atoms with Gasteiger partial charge in [-0.3, -0.25) is 0 Å². The van der Waals surface area contributed by atoms with Crippen molar-refractivity contribution in [2.24, 2.45) is 4.99 Å². The van der Waals surface area contributed by atoms with Crippen molar-refractivity contribution >= 4 is 40.0 Å². The summed E-state index contributed by atoms with van der Waals surface area (Å²) in [4.78, 5) is 4.30. The van der Waals surface area contributed by atoms with Crippen LogP contribution in [0.1, 0.15) is 26.5 Å². The lowest BCUT2D eigenvalue weighted by Gasteiger charge is -2.19. The Morgan fingerprint density at radius 1 is 1.33 bits per heavy atom. The van der Waals surface area contributed by atoms with Crippen LogP contribution in [-0.4, -0.2) is 51.4 Å². The second-order valence-electron chi connectivity index (χ2n) is 5.17. The van der Waals surface area contributed by atoms with Gasteiger partial charge < -0.3 is 20.2 Å². The van der Waals surface area contributed by atoms with Crippen LogP contribution in [0, 0.1) is 0 Å². The van der Waals surface area contributed by atoms with Crippen LogP contribution in [0.3, 0.4) is 0 Å². The maximum Gasteiger partial charge on any atom is 0.211 e. The number of halogens is 1. The lowest BCUT2D eigenvalue weighted by Crippen LogP contribution is -2.42. The molecule has 4 N–H and O–H groups in total. The first kappa shape index (κ1) is 23.1. The first-order valence-corrected chi connectivity index (χ1v) is 9.22. The van der Waals surface area contributed by atoms with Crippen LogP contribution >= 0.6 is 24.0 Å². The van der Waals surface area contributed by atoms with Crippen LogP contribution in [0.5, 0.6) is 0 Å². The molecule has 0 bridgehead atoms. The second-order valence-corrected chi connectivity index (χ2v) is 7.27. The Balaban J connectivity index is 0.00000529. The average Bonchev–Trinajstić information content (AvgIpc) is 3.04. The zero-order valence-corrected chi connectivity index (χ0v) is 17.4. The fraction of sp³-hybridized carbons (Fsp3) is 0.643. The summed E-state index contributed by atoms with van der Waals surface area (Å²) in [6.07, 6.45) is 1.50. The summed E-state index contributed by atoms with van der Waals surface area (Å²) in [6.45, 7) is 6.52. The largest absolute Gasteiger partial charge is 0.466 e. The number of rotatable bonds is 9. The first-order valence-electron chi connectivity index (χ1n) is 7.56. The van der Waals surface area contributed by atoms with Crippen LogP contribution in [0.25, 0.3) is 0 Å². The Labute approximate surface area is 160 Å². The van der Waals surface area contributed by atoms with Gasteiger partial charge in [-0.15, -0.1) is 24.0 Å². The highest BCUT2D eigenvalue weighted by molar-refractivity contribution is 14.0. The van der Waals surface area contributed by atoms with Crippen molar-refractivity contribution in [3.8, 4) is 0 Å². The molecule has 1 aromatic heterocycles. The molecule has 1 aromatic rings. The molecule has 10 heteroatoms. The highest BCUT2D eigenvalue weighted by Crippen LogP contribution is 2.20. The normalized spacial score (nSPS) is 14.6. The monoisotopic (exact) mass is 474 g/mol. The Bertz CT molecular complexity index is 588. The van der Waals surface area contributed by atoms with E-state index in [0.29, 0.717) is 24.8 Å². The van der Waals surface area contributed by atoms with E-state index in [9.17, 15) is 13.5 Å². The Hall–Kier alpha value is -0.850. The van der Waals surface area contributed by atoms with E-state index in [1.807, 2.05) is 6.92 Å². The zero-order valence-electron chi connectivity index (χ0n) is 14.2. The smallest absolute Gasteiger partial charge is 0.211 e. The van der Waals surface area contributed by atoms with E-state index in [1.165, 1.54) is 6.26 Å². The Morgan fingerprint density at radius 3 is 2.58 bits per heavy atom. The van der Waals surface area contributed by atoms with Crippen molar-refractivity contribution in [1.82, 2.24) is 15.4 Å². The van der Waals surface area contributed by atoms with Crippen molar-refractivity contribution in [2.75, 3.05) is 31.9 Å². The van der Waals surface area contributed by atoms with Gasteiger partial charge in [0, 0.05) is 19.6 Å². The number of aliphatic imine (C=N–C) groups is 1. The van der Waals surface area contributed by atoms with Gasteiger partial charge in [0.25, 0.3) is 0 Å². The van der Waals surface area contributed by atoms with Crippen LogP contribution in [0.4, 0.5) is 0 Å². The standard InChI is InChI=1S/C14H26N4O4S.HI/c1-4-15-13(16-8-9-18-23(20,21)5-2)17-11-14(3,19)12-7-6-10-22-12;/h6-7,10,18-19H,4-5,8-9,11H2,1-3H3,(H2,15,16,17);1H. The Kier molecular flexibility index (Phi) is 10.5. The molecule has 8 nitrogen and oxygen atoms in total. The highest BCUT2D eigenvalue weighted by atomic mass is 127. The molecular formula is C14H27IN4O4S. The summed E-state index contributed by atoms with van der Waals surface area (Å²) in [6, 6.07) is 3.40. The van der Waals surface area contributed by atoms with Gasteiger partial charge in [-0.25, -0.2) is 18.1 Å². The summed E-state index contributed by atoms with van der Waals surface area (Å²) < 4.78 is 30.3. The molecule has 0 saturated carbocycles. The molecule has 0 fully saturated rings. The molecule has 0 aliphatic carbocycles. The van der Waals surface area contributed by atoms with E-state index in [2.05, 4.69) is 20.3 Å². The van der Waals surface area contributed by atoms with Crippen molar-refractivity contribution < 1.29 is 17.9 Å². The van der Waals surface area contributed by atoms with Gasteiger partial charge in [-0.2, -0.15) is 0 Å². The van der Waals surface area contributed by atoms with Gasteiger partial charge in [0.05, 0.1) is 18.6 Å². The zero-order chi connectivity index (χ0) is 17.3. The third-order valence-electron chi connectivity index (χ3n) is 3.06. The molecule has 0 saturated heterocycles. The van der Waals surface area contributed by atoms with E-state index < -0.39 is 15.6 Å². The minimum Gasteiger partial charge on any atom is -0.466 e. The van der Waals surface area contributed by atoms with Crippen LogP contribution in [-0.2, 0) is 15.6 Å². The topological polar surface area (TPSA) is 116 Å². The molecule has 1 atom stereocenters. The van der Waals surface area contributed by atoms with Gasteiger partial charge in [-0.05, 0) is 32.9 Å². The number of aliphatic hydroxyl groups is 1. The Morgan fingerprint density at radius 2 is 2.04 bits per heavy atom. The van der Waals surface area contributed by atoms with E-state index in [4.69, 9.17) is 4.42 Å². The number of hydrogen-bond donors (Lipinski definition) is 4. The molecule has 1 heterocycles. The molecule has 0 radical (unpaired) electrons. The van der Waals surface area contributed by atoms with E-state index in [-0.39, 0.29) is 42.8 Å². The minimum atomic E-state index is -3.20. The fourth-order valence-corrected chi connectivity index (χ4v) is 2.34. The van der Waals surface area contributed by atoms with E-state index >= 15 is 0 Å². The van der Waals surface area contributed by atoms with Crippen molar-refractivity contribution in [1.29, 1.82) is 0 Å². The lowest BCUT2D eigenvalue weighted by atomic mass is 10.0. The summed E-state index contributed by atoms with van der Waals surface area (Å²) in [5, 5.41) is 16.4. The summed E-state index contributed by atoms with van der Waals surface area (Å²) >= 11 is 0. The van der Waals surface area contributed by atoms with E-state index in [1.54, 1.807) is 26.0 Å². The minimum absolute atomic E-state index is 0. The van der Waals surface area contributed by atoms with Gasteiger partial charge in [0.15, 0.2) is 5.96 Å². The maximum atomic E-state index is 11.3. The van der Waals surface area contributed by atoms with Gasteiger partial charge in [0.1, 0.15) is 11.4 Å². The number of hydrogen-bond acceptors (Lipinski definition) is 5. The summed E-state index contributed by atoms with van der Waals surface area (Å²) in [5.74, 6) is 0.982. The molecule has 0 amide bonds. The summed E-state index contributed by atoms with van der Waals surface area (Å²) in [7, 11) is -3.20. The summed E-state index contributed by atoms with van der Waals surface area (Å²) in [5.41, 5.74) is -1.21. The molecule has 24 heavy (non-hydrogen) atoms. The number of guanidine groups is 1. The molecule has 0 aliphatic heterocycles. The molecule has 1 rings (SSSR count). The third-order valence-corrected chi connectivity index (χ3v) is 4.46. The first-order chi connectivity index (χ1) is 10.8. The van der Waals surface area contributed by atoms with Gasteiger partial charge in [0.2, 0.25) is 10.0 Å². The van der Waals surface area contributed by atoms with Crippen molar-refractivity contribution in [3.63, 3.8) is 0 Å². The third kappa shape index (κ3) is 8.31. The molecule has 0 aromatic carbocycles. The van der Waals surface area contributed by atoms with Crippen LogP contribution < -0.4 is 15.4 Å². The SMILES string of the molecule is CCNC(=NCC(C)(O)c1ccco1)NCCNS(=O)(=O)CC.I. The number of nitrogens with zero attached hydrogens (tertiary/aromatic N) is 1. The molecular weight excluding hydrogens is 447 g/mol. The number of sulfonamides is 1. The van der Waals surface area contributed by atoms with Gasteiger partial charge >= 0.3 is 0 Å². The van der Waals surface area contributed by atoms with Gasteiger partial charge in [-0.1, -0.05) is 0 Å². The highest BCUT2D eigenvalue weighted by Gasteiger charge is 2.26. The molecule has 1 unspecified atom stereocenters. The molecule has 0 aliphatic rings. The maximum absolute atomic E-state index is 11.3. The average molecular weight is 474 g/mol. The van der Waals surface area contributed by atoms with E-state index in [0.717, 1.165) is 0 Å². The van der Waals surface area contributed by atoms with Crippen molar-refractivity contribution in [3.05, 3.63) is 24.2 Å². The quantitative estimate of drug-likeness (QED) is 0.180. The predicted octanol–water partition coefficient (Wildman–Crippen LogP) is 0.599. The van der Waals surface area contributed by atoms with Crippen LogP contribution in [0.15, 0.2) is 27.8 Å².